The van der Waals surface area contributed by atoms with Crippen LogP contribution in [0.4, 0.5) is 0 Å². The molecule has 0 aliphatic carbocycles. The number of carboxylic acids is 1. The molecule has 0 saturated carbocycles. The number of furan rings is 1. The van der Waals surface area contributed by atoms with Crippen molar-refractivity contribution >= 4 is 12.2 Å². The molecule has 0 unspecified atom stereocenters. The summed E-state index contributed by atoms with van der Waals surface area (Å²) in [7, 11) is 0. The molecule has 0 saturated heterocycles. The highest BCUT2D eigenvalue weighted by molar-refractivity contribution is 5.75. The molecule has 12 heavy (non-hydrogen) atoms. The second kappa shape index (κ2) is 4.17. The fraction of sp³-hybridized carbons (Fsp3) is 0.143. The number of oxime groups is 1. The zero-order valence-corrected chi connectivity index (χ0v) is 6.14. The lowest BCUT2D eigenvalue weighted by Crippen LogP contribution is -2.03. The summed E-state index contributed by atoms with van der Waals surface area (Å²) in [6.07, 6.45) is 2.78. The molecule has 1 rings (SSSR count). The van der Waals surface area contributed by atoms with E-state index in [1.54, 1.807) is 12.1 Å². The van der Waals surface area contributed by atoms with Crippen molar-refractivity contribution in [2.45, 2.75) is 0 Å². The Morgan fingerprint density at radius 1 is 1.83 bits per heavy atom. The van der Waals surface area contributed by atoms with E-state index in [1.807, 2.05) is 0 Å². The molecule has 0 aromatic carbocycles. The highest BCUT2D eigenvalue weighted by atomic mass is 16.6. The van der Waals surface area contributed by atoms with E-state index in [-0.39, 0.29) is 0 Å². The number of nitrogens with zero attached hydrogens (tertiary/aromatic N) is 1. The highest BCUT2D eigenvalue weighted by Crippen LogP contribution is 1.94. The Kier molecular flexibility index (Phi) is 2.89. The maximum Gasteiger partial charge on any atom is 0.344 e. The monoisotopic (exact) mass is 169 g/mol. The van der Waals surface area contributed by atoms with Gasteiger partial charge in [0, 0.05) is 0 Å². The lowest BCUT2D eigenvalue weighted by atomic mass is 10.5. The standard InChI is InChI=1S/C7H7NO4/c9-7(10)5-12-8-4-6-2-1-3-11-6/h1-4H,5H2,(H,9,10)/b8-4+. The molecule has 1 aromatic heterocycles. The van der Waals surface area contributed by atoms with Crippen LogP contribution in [0.1, 0.15) is 5.76 Å². The van der Waals surface area contributed by atoms with Crippen molar-refractivity contribution in [1.82, 2.24) is 0 Å². The minimum Gasteiger partial charge on any atom is -0.479 e. The fourth-order valence-electron chi connectivity index (χ4n) is 0.546. The van der Waals surface area contributed by atoms with Gasteiger partial charge in [0.2, 0.25) is 6.61 Å². The first kappa shape index (κ1) is 8.32. The molecular formula is C7H7NO4. The third kappa shape index (κ3) is 2.87. The summed E-state index contributed by atoms with van der Waals surface area (Å²) in [5.74, 6) is -0.549. The van der Waals surface area contributed by atoms with E-state index in [0.717, 1.165) is 0 Å². The first-order valence-corrected chi connectivity index (χ1v) is 3.19. The van der Waals surface area contributed by atoms with Gasteiger partial charge in [-0.25, -0.2) is 4.79 Å². The van der Waals surface area contributed by atoms with Gasteiger partial charge in [0.15, 0.2) is 0 Å². The van der Waals surface area contributed by atoms with Gasteiger partial charge in [-0.05, 0) is 12.1 Å². The zero-order valence-electron chi connectivity index (χ0n) is 6.14. The summed E-state index contributed by atoms with van der Waals surface area (Å²) in [6, 6.07) is 3.37. The minimum atomic E-state index is -1.06. The van der Waals surface area contributed by atoms with Crippen LogP contribution >= 0.6 is 0 Å². The molecule has 0 aliphatic rings. The van der Waals surface area contributed by atoms with Crippen LogP contribution in [0.5, 0.6) is 0 Å². The summed E-state index contributed by atoms with van der Waals surface area (Å²) in [6.45, 7) is -0.447. The molecule has 1 aromatic rings. The van der Waals surface area contributed by atoms with Gasteiger partial charge >= 0.3 is 5.97 Å². The lowest BCUT2D eigenvalue weighted by molar-refractivity contribution is -0.142. The van der Waals surface area contributed by atoms with Crippen LogP contribution in [-0.4, -0.2) is 23.9 Å². The van der Waals surface area contributed by atoms with Crippen molar-refractivity contribution in [1.29, 1.82) is 0 Å². The molecule has 1 N–H and O–H groups in total. The Bertz CT molecular complexity index is 265. The Labute approximate surface area is 68.2 Å². The van der Waals surface area contributed by atoms with E-state index in [0.29, 0.717) is 5.76 Å². The number of aliphatic carboxylic acids is 1. The SMILES string of the molecule is O=C(O)CO/N=C/c1ccco1. The van der Waals surface area contributed by atoms with Gasteiger partial charge in [-0.3, -0.25) is 0 Å². The molecule has 0 amide bonds. The third-order valence-electron chi connectivity index (χ3n) is 0.986. The maximum absolute atomic E-state index is 9.94. The average molecular weight is 169 g/mol. The van der Waals surface area contributed by atoms with Gasteiger partial charge in [-0.15, -0.1) is 0 Å². The van der Waals surface area contributed by atoms with Crippen molar-refractivity contribution < 1.29 is 19.2 Å². The van der Waals surface area contributed by atoms with E-state index >= 15 is 0 Å². The van der Waals surface area contributed by atoms with Crippen LogP contribution in [0.15, 0.2) is 28.0 Å². The fourth-order valence-corrected chi connectivity index (χ4v) is 0.546. The van der Waals surface area contributed by atoms with Crippen LogP contribution in [0.2, 0.25) is 0 Å². The topological polar surface area (TPSA) is 72.0 Å². The molecule has 0 radical (unpaired) electrons. The van der Waals surface area contributed by atoms with E-state index in [1.165, 1.54) is 12.5 Å². The number of carbonyl (C=O) groups is 1. The molecule has 0 aliphatic heterocycles. The molecular weight excluding hydrogens is 162 g/mol. The molecule has 0 fully saturated rings. The summed E-state index contributed by atoms with van der Waals surface area (Å²) in [4.78, 5) is 14.3. The van der Waals surface area contributed by atoms with Crippen molar-refractivity contribution in [3.8, 4) is 0 Å². The van der Waals surface area contributed by atoms with Crippen molar-refractivity contribution in [2.75, 3.05) is 6.61 Å². The number of carboxylic acid groups (broad SMARTS) is 1. The van der Waals surface area contributed by atoms with Crippen LogP contribution in [-0.2, 0) is 9.63 Å². The van der Waals surface area contributed by atoms with Crippen molar-refractivity contribution in [3.63, 3.8) is 0 Å². The summed E-state index contributed by atoms with van der Waals surface area (Å²) < 4.78 is 4.86. The van der Waals surface area contributed by atoms with Crippen LogP contribution in [0.3, 0.4) is 0 Å². The van der Waals surface area contributed by atoms with E-state index in [4.69, 9.17) is 9.52 Å². The summed E-state index contributed by atoms with van der Waals surface area (Å²) in [5.41, 5.74) is 0. The summed E-state index contributed by atoms with van der Waals surface area (Å²) >= 11 is 0. The van der Waals surface area contributed by atoms with Gasteiger partial charge in [0.25, 0.3) is 0 Å². The normalized spacial score (nSPS) is 10.3. The first-order valence-electron chi connectivity index (χ1n) is 3.19. The second-order valence-electron chi connectivity index (χ2n) is 1.92. The quantitative estimate of drug-likeness (QED) is 0.532. The van der Waals surface area contributed by atoms with Crippen molar-refractivity contribution in [2.24, 2.45) is 5.16 Å². The zero-order chi connectivity index (χ0) is 8.81. The van der Waals surface area contributed by atoms with Gasteiger partial charge in [0.1, 0.15) is 12.0 Å². The molecule has 5 nitrogen and oxygen atoms in total. The van der Waals surface area contributed by atoms with Crippen LogP contribution in [0, 0.1) is 0 Å². The smallest absolute Gasteiger partial charge is 0.344 e. The predicted octanol–water partition coefficient (Wildman–Crippen LogP) is 0.715. The summed E-state index contributed by atoms with van der Waals surface area (Å²) in [5, 5.41) is 11.5. The van der Waals surface area contributed by atoms with Gasteiger partial charge < -0.3 is 14.4 Å². The Balaban J connectivity index is 2.27. The number of hydrogen-bond acceptors (Lipinski definition) is 4. The van der Waals surface area contributed by atoms with E-state index in [9.17, 15) is 4.79 Å². The molecule has 5 heteroatoms. The Hall–Kier alpha value is -1.78. The number of hydrogen-bond donors (Lipinski definition) is 1. The van der Waals surface area contributed by atoms with Gasteiger partial charge in [-0.1, -0.05) is 5.16 Å². The molecule has 0 spiro atoms. The van der Waals surface area contributed by atoms with Gasteiger partial charge in [0.05, 0.1) is 6.26 Å². The first-order chi connectivity index (χ1) is 5.79. The lowest BCUT2D eigenvalue weighted by Gasteiger charge is -1.90. The molecule has 1 heterocycles. The predicted molar refractivity (Wildman–Crippen MR) is 39.9 cm³/mol. The Morgan fingerprint density at radius 3 is 3.25 bits per heavy atom. The number of rotatable bonds is 4. The van der Waals surface area contributed by atoms with Gasteiger partial charge in [-0.2, -0.15) is 0 Å². The Morgan fingerprint density at radius 2 is 2.67 bits per heavy atom. The second-order valence-corrected chi connectivity index (χ2v) is 1.92. The van der Waals surface area contributed by atoms with Crippen LogP contribution < -0.4 is 0 Å². The maximum atomic E-state index is 9.94. The largest absolute Gasteiger partial charge is 0.479 e. The average Bonchev–Trinajstić information content (AvgIpc) is 2.49. The molecule has 0 bridgehead atoms. The van der Waals surface area contributed by atoms with Crippen LogP contribution in [0.25, 0.3) is 0 Å². The van der Waals surface area contributed by atoms with E-state index < -0.39 is 12.6 Å². The minimum absolute atomic E-state index is 0.447. The highest BCUT2D eigenvalue weighted by Gasteiger charge is 1.93. The van der Waals surface area contributed by atoms with E-state index in [2.05, 4.69) is 9.99 Å². The molecule has 64 valence electrons. The van der Waals surface area contributed by atoms with Crippen molar-refractivity contribution in [3.05, 3.63) is 24.2 Å². The third-order valence-corrected chi connectivity index (χ3v) is 0.986. The molecule has 0 atom stereocenters.